The third-order valence-corrected chi connectivity index (χ3v) is 6.77. The monoisotopic (exact) mass is 496 g/mol. The average Bonchev–Trinajstić information content (AvgIpc) is 2.91. The Hall–Kier alpha value is -2.94. The molecule has 0 saturated heterocycles. The van der Waals surface area contributed by atoms with Crippen LogP contribution in [0.25, 0.3) is 0 Å². The first kappa shape index (κ1) is 27.6. The summed E-state index contributed by atoms with van der Waals surface area (Å²) in [6.45, 7) is 5.58. The molecular weight excluding hydrogens is 460 g/mol. The fraction of sp³-hybridized carbons (Fsp3) is 0.643. The highest BCUT2D eigenvalue weighted by atomic mass is 16.5. The Bertz CT molecular complexity index is 900. The van der Waals surface area contributed by atoms with Crippen LogP contribution in [-0.2, 0) is 18.9 Å². The maximum atomic E-state index is 12.9. The van der Waals surface area contributed by atoms with E-state index in [0.29, 0.717) is 25.7 Å². The molecule has 0 spiro atoms. The van der Waals surface area contributed by atoms with Crippen molar-refractivity contribution in [3.05, 3.63) is 34.4 Å². The average molecular weight is 497 g/mol. The fourth-order valence-electron chi connectivity index (χ4n) is 4.81. The maximum Gasteiger partial charge on any atom is 0.339 e. The van der Waals surface area contributed by atoms with Crippen LogP contribution in [0, 0.1) is 22.7 Å². The maximum absolute atomic E-state index is 12.9. The van der Waals surface area contributed by atoms with Gasteiger partial charge < -0.3 is 18.9 Å². The molecule has 2 saturated carbocycles. The Balaban J connectivity index is 1.63. The molecule has 2 aliphatic carbocycles. The summed E-state index contributed by atoms with van der Waals surface area (Å²) in [5.41, 5.74) is -0.339. The molecule has 2 aliphatic rings. The Kier molecular flexibility index (Phi) is 10.7. The van der Waals surface area contributed by atoms with E-state index in [1.54, 1.807) is 0 Å². The number of hydrogen-bond donors (Lipinski definition) is 0. The minimum Gasteiger partial charge on any atom is -0.459 e. The van der Waals surface area contributed by atoms with Gasteiger partial charge in [0.2, 0.25) is 0 Å². The van der Waals surface area contributed by atoms with Crippen molar-refractivity contribution in [1.29, 1.82) is 10.5 Å². The zero-order chi connectivity index (χ0) is 25.9. The van der Waals surface area contributed by atoms with Gasteiger partial charge in [0.05, 0.1) is 34.5 Å². The predicted octanol–water partition coefficient (Wildman–Crippen LogP) is 5.22. The van der Waals surface area contributed by atoms with Gasteiger partial charge in [0.15, 0.2) is 0 Å². The summed E-state index contributed by atoms with van der Waals surface area (Å²) in [4.78, 5) is 25.8. The SMILES string of the molecule is CCCO[C@H]1CC[C@H](OC(=O)c2ccc(C(=O)O[C@H]3CC[C@H](OCCC)CC3)c(C#N)c2C#N)CC1. The van der Waals surface area contributed by atoms with Gasteiger partial charge in [-0.05, 0) is 76.3 Å². The molecule has 0 radical (unpaired) electrons. The van der Waals surface area contributed by atoms with Crippen LogP contribution in [0.1, 0.15) is 110 Å². The van der Waals surface area contributed by atoms with Gasteiger partial charge in [0.25, 0.3) is 0 Å². The Morgan fingerprint density at radius 3 is 1.33 bits per heavy atom. The number of nitrogens with zero attached hydrogens (tertiary/aromatic N) is 2. The zero-order valence-corrected chi connectivity index (χ0v) is 21.3. The topological polar surface area (TPSA) is 119 Å². The van der Waals surface area contributed by atoms with Crippen LogP contribution in [0.2, 0.25) is 0 Å². The molecule has 0 amide bonds. The minimum atomic E-state index is -0.661. The van der Waals surface area contributed by atoms with Gasteiger partial charge in [-0.3, -0.25) is 0 Å². The molecule has 0 aliphatic heterocycles. The van der Waals surface area contributed by atoms with E-state index in [2.05, 4.69) is 13.8 Å². The largest absolute Gasteiger partial charge is 0.459 e. The van der Waals surface area contributed by atoms with Crippen molar-refractivity contribution in [3.63, 3.8) is 0 Å². The number of hydrogen-bond acceptors (Lipinski definition) is 8. The van der Waals surface area contributed by atoms with Gasteiger partial charge in [0.1, 0.15) is 24.3 Å². The lowest BCUT2D eigenvalue weighted by atomic mass is 9.94. The Morgan fingerprint density at radius 2 is 1.03 bits per heavy atom. The second kappa shape index (κ2) is 14.0. The van der Waals surface area contributed by atoms with Crippen LogP contribution in [0.15, 0.2) is 12.1 Å². The lowest BCUT2D eigenvalue weighted by Gasteiger charge is -2.28. The summed E-state index contributed by atoms with van der Waals surface area (Å²) in [6, 6.07) is 6.60. The molecule has 1 aromatic rings. The molecule has 0 aromatic heterocycles. The van der Waals surface area contributed by atoms with Gasteiger partial charge in [0, 0.05) is 13.2 Å². The van der Waals surface area contributed by atoms with Crippen molar-refractivity contribution in [1.82, 2.24) is 0 Å². The number of ether oxygens (including phenoxy) is 4. The van der Waals surface area contributed by atoms with E-state index in [1.165, 1.54) is 12.1 Å². The van der Waals surface area contributed by atoms with Crippen molar-refractivity contribution in [2.24, 2.45) is 0 Å². The standard InChI is InChI=1S/C28H36N2O6/c1-3-15-33-19-5-9-21(10-6-19)35-27(31)23-13-14-24(26(18-30)25(23)17-29)28(32)36-22-11-7-20(8-12-22)34-16-4-2/h13-14,19-22H,3-12,15-16H2,1-2H3/t19-,20-,21-,22-. The molecule has 0 heterocycles. The summed E-state index contributed by atoms with van der Waals surface area (Å²) < 4.78 is 22.9. The lowest BCUT2D eigenvalue weighted by molar-refractivity contribution is -0.0198. The molecule has 3 rings (SSSR count). The number of esters is 2. The van der Waals surface area contributed by atoms with Gasteiger partial charge in [-0.25, -0.2) is 9.59 Å². The quantitative estimate of drug-likeness (QED) is 0.405. The predicted molar refractivity (Wildman–Crippen MR) is 131 cm³/mol. The summed E-state index contributed by atoms with van der Waals surface area (Å²) in [6.07, 6.45) is 7.74. The molecule has 194 valence electrons. The summed E-state index contributed by atoms with van der Waals surface area (Å²) in [5, 5.41) is 19.5. The van der Waals surface area contributed by atoms with Crippen molar-refractivity contribution < 1.29 is 28.5 Å². The Morgan fingerprint density at radius 1 is 0.694 bits per heavy atom. The Labute approximate surface area is 213 Å². The van der Waals surface area contributed by atoms with Crippen LogP contribution < -0.4 is 0 Å². The second-order valence-electron chi connectivity index (χ2n) is 9.48. The molecule has 0 bridgehead atoms. The van der Waals surface area contributed by atoms with Gasteiger partial charge in [-0.2, -0.15) is 10.5 Å². The van der Waals surface area contributed by atoms with Crippen molar-refractivity contribution >= 4 is 11.9 Å². The van der Waals surface area contributed by atoms with Crippen molar-refractivity contribution in [2.45, 2.75) is 102 Å². The second-order valence-corrected chi connectivity index (χ2v) is 9.48. The van der Waals surface area contributed by atoms with E-state index >= 15 is 0 Å². The zero-order valence-electron chi connectivity index (χ0n) is 21.3. The van der Waals surface area contributed by atoms with Crippen LogP contribution in [-0.4, -0.2) is 49.6 Å². The molecule has 0 atom stereocenters. The normalized spacial score (nSPS) is 23.8. The van der Waals surface area contributed by atoms with Gasteiger partial charge in [-0.15, -0.1) is 0 Å². The van der Waals surface area contributed by atoms with Gasteiger partial charge in [-0.1, -0.05) is 13.8 Å². The number of rotatable bonds is 10. The van der Waals surface area contributed by atoms with Crippen LogP contribution in [0.3, 0.4) is 0 Å². The molecular formula is C28H36N2O6. The summed E-state index contributed by atoms with van der Waals surface area (Å²) >= 11 is 0. The smallest absolute Gasteiger partial charge is 0.339 e. The first-order chi connectivity index (χ1) is 17.5. The highest BCUT2D eigenvalue weighted by Crippen LogP contribution is 2.28. The number of benzene rings is 1. The third-order valence-electron chi connectivity index (χ3n) is 6.77. The number of carbonyl (C=O) groups excluding carboxylic acids is 2. The van der Waals surface area contributed by atoms with E-state index in [-0.39, 0.29) is 46.7 Å². The van der Waals surface area contributed by atoms with Crippen molar-refractivity contribution in [3.8, 4) is 12.1 Å². The van der Waals surface area contributed by atoms with Crippen molar-refractivity contribution in [2.75, 3.05) is 13.2 Å². The van der Waals surface area contributed by atoms with E-state index in [9.17, 15) is 20.1 Å². The highest BCUT2D eigenvalue weighted by Gasteiger charge is 2.30. The third kappa shape index (κ3) is 7.29. The van der Waals surface area contributed by atoms with Crippen LogP contribution in [0.5, 0.6) is 0 Å². The molecule has 0 N–H and O–H groups in total. The molecule has 8 nitrogen and oxygen atoms in total. The van der Waals surface area contributed by atoms with E-state index in [4.69, 9.17) is 18.9 Å². The van der Waals surface area contributed by atoms with Crippen LogP contribution in [0.4, 0.5) is 0 Å². The van der Waals surface area contributed by atoms with E-state index in [0.717, 1.165) is 51.7 Å². The molecule has 8 heteroatoms. The van der Waals surface area contributed by atoms with E-state index < -0.39 is 11.9 Å². The first-order valence-corrected chi connectivity index (χ1v) is 13.1. The summed E-state index contributed by atoms with van der Waals surface area (Å²) in [7, 11) is 0. The van der Waals surface area contributed by atoms with E-state index in [1.807, 2.05) is 12.1 Å². The lowest BCUT2D eigenvalue weighted by Crippen LogP contribution is -2.29. The molecule has 1 aromatic carbocycles. The molecule has 36 heavy (non-hydrogen) atoms. The number of nitriles is 2. The van der Waals surface area contributed by atoms with Gasteiger partial charge >= 0.3 is 11.9 Å². The first-order valence-electron chi connectivity index (χ1n) is 13.1. The fourth-order valence-corrected chi connectivity index (χ4v) is 4.81. The summed E-state index contributed by atoms with van der Waals surface area (Å²) in [5.74, 6) is -1.32. The highest BCUT2D eigenvalue weighted by molar-refractivity contribution is 5.98. The number of carbonyl (C=O) groups is 2. The minimum absolute atomic E-state index is 0.0106. The molecule has 2 fully saturated rings. The molecule has 0 unspecified atom stereocenters. The van der Waals surface area contributed by atoms with Crippen LogP contribution >= 0.6 is 0 Å².